The number of fused-ring (bicyclic) bond motifs is 2. The predicted octanol–water partition coefficient (Wildman–Crippen LogP) is 7.18. The van der Waals surface area contributed by atoms with Crippen molar-refractivity contribution in [2.24, 2.45) is 0 Å². The molecule has 1 aliphatic rings. The summed E-state index contributed by atoms with van der Waals surface area (Å²) in [4.78, 5) is 20.1. The molecule has 0 saturated carbocycles. The van der Waals surface area contributed by atoms with E-state index in [0.29, 0.717) is 22.7 Å². The summed E-state index contributed by atoms with van der Waals surface area (Å²) in [6, 6.07) is 7.02. The van der Waals surface area contributed by atoms with Crippen molar-refractivity contribution in [2.75, 3.05) is 25.0 Å². The second kappa shape index (κ2) is 11.4. The Morgan fingerprint density at radius 2 is 1.83 bits per heavy atom. The molecule has 11 heteroatoms. The van der Waals surface area contributed by atoms with Crippen LogP contribution in [0.15, 0.2) is 30.5 Å². The molecular weight excluding hydrogens is 552 g/mol. The van der Waals surface area contributed by atoms with Crippen molar-refractivity contribution in [1.82, 2.24) is 29.4 Å². The van der Waals surface area contributed by atoms with Gasteiger partial charge >= 0.3 is 0 Å². The largest absolute Gasteiger partial charge is 0.564 e. The van der Waals surface area contributed by atoms with Crippen LogP contribution in [0.3, 0.4) is 0 Å². The third-order valence-corrected chi connectivity index (χ3v) is 13.0. The smallest absolute Gasteiger partial charge is 0.229 e. The van der Waals surface area contributed by atoms with Crippen LogP contribution >= 0.6 is 0 Å². The molecule has 4 aromatic rings. The minimum atomic E-state index is -1.76. The predicted molar refractivity (Wildman–Crippen MR) is 165 cm³/mol. The Hall–Kier alpha value is -3.28. The Morgan fingerprint density at radius 3 is 2.55 bits per heavy atom. The van der Waals surface area contributed by atoms with Gasteiger partial charge in [0.1, 0.15) is 22.9 Å². The second-order valence-corrected chi connectivity index (χ2v) is 17.7. The Morgan fingerprint density at radius 1 is 1.07 bits per heavy atom. The molecule has 1 N–H and O–H groups in total. The maximum atomic E-state index is 15.0. The summed E-state index contributed by atoms with van der Waals surface area (Å²) in [6.07, 6.45) is 1.92. The van der Waals surface area contributed by atoms with Gasteiger partial charge in [-0.2, -0.15) is 0 Å². The number of imidazole rings is 1. The monoisotopic (exact) mass is 593 g/mol. The third-order valence-electron chi connectivity index (χ3n) is 8.50. The summed E-state index contributed by atoms with van der Waals surface area (Å²) in [6.45, 7) is 20.5. The SMILES string of the molecule is Cc1nc2c(F)cc(-c3nc(Nc4ccc5c(n4)CCN(CCO[Si-](C)(C)C(C)(C)C)C5)ncc3F)cc2n1C(C)C. The molecule has 0 unspecified atom stereocenters. The van der Waals surface area contributed by atoms with E-state index in [2.05, 4.69) is 65.1 Å². The van der Waals surface area contributed by atoms with Crippen LogP contribution in [0.25, 0.3) is 22.3 Å². The van der Waals surface area contributed by atoms with E-state index in [1.165, 1.54) is 11.6 Å². The number of hydrogen-bond acceptors (Lipinski definition) is 7. The maximum absolute atomic E-state index is 15.0. The van der Waals surface area contributed by atoms with E-state index < -0.39 is 20.0 Å². The number of rotatable bonds is 8. The zero-order valence-corrected chi connectivity index (χ0v) is 26.8. The van der Waals surface area contributed by atoms with Crippen LogP contribution in [-0.4, -0.2) is 57.4 Å². The quantitative estimate of drug-likeness (QED) is 0.217. The van der Waals surface area contributed by atoms with Gasteiger partial charge in [0, 0.05) is 50.0 Å². The van der Waals surface area contributed by atoms with Crippen LogP contribution in [0.5, 0.6) is 0 Å². The van der Waals surface area contributed by atoms with Crippen molar-refractivity contribution in [2.45, 2.75) is 78.7 Å². The molecule has 0 atom stereocenters. The molecule has 3 aromatic heterocycles. The van der Waals surface area contributed by atoms with E-state index in [1.807, 2.05) is 31.4 Å². The normalized spacial score (nSPS) is 14.5. The lowest BCUT2D eigenvalue weighted by molar-refractivity contribution is 0.186. The molecule has 8 nitrogen and oxygen atoms in total. The first kappa shape index (κ1) is 30.2. The van der Waals surface area contributed by atoms with Crippen LogP contribution in [0.2, 0.25) is 18.1 Å². The fourth-order valence-corrected chi connectivity index (χ4v) is 6.22. The molecule has 1 aliphatic heterocycles. The minimum absolute atomic E-state index is 0.0102. The number of pyridine rings is 1. The Bertz CT molecular complexity index is 1610. The van der Waals surface area contributed by atoms with Crippen molar-refractivity contribution in [1.29, 1.82) is 0 Å². The molecule has 1 aromatic carbocycles. The number of benzene rings is 1. The highest BCUT2D eigenvalue weighted by Crippen LogP contribution is 2.36. The highest BCUT2D eigenvalue weighted by atomic mass is 28.4. The van der Waals surface area contributed by atoms with Gasteiger partial charge in [0.2, 0.25) is 5.95 Å². The molecule has 42 heavy (non-hydrogen) atoms. The molecular formula is C31H41F2N7OSi-. The van der Waals surface area contributed by atoms with E-state index in [0.717, 1.165) is 44.6 Å². The molecule has 0 saturated heterocycles. The second-order valence-electron chi connectivity index (χ2n) is 12.9. The molecule has 0 spiro atoms. The van der Waals surface area contributed by atoms with Crippen molar-refractivity contribution in [3.8, 4) is 11.3 Å². The van der Waals surface area contributed by atoms with Gasteiger partial charge in [-0.3, -0.25) is 4.90 Å². The van der Waals surface area contributed by atoms with Gasteiger partial charge in [-0.1, -0.05) is 26.8 Å². The first-order valence-corrected chi connectivity index (χ1v) is 17.5. The molecule has 0 amide bonds. The van der Waals surface area contributed by atoms with Crippen molar-refractivity contribution < 1.29 is 13.2 Å². The average Bonchev–Trinajstić information content (AvgIpc) is 3.25. The fraction of sp³-hybridized carbons (Fsp3) is 0.484. The van der Waals surface area contributed by atoms with Gasteiger partial charge in [-0.15, -0.1) is 18.1 Å². The highest BCUT2D eigenvalue weighted by molar-refractivity contribution is 6.74. The molecule has 0 bridgehead atoms. The maximum Gasteiger partial charge on any atom is 0.229 e. The number of anilines is 2. The zero-order chi connectivity index (χ0) is 30.4. The first-order chi connectivity index (χ1) is 19.7. The van der Waals surface area contributed by atoms with Crippen molar-refractivity contribution >= 4 is 31.1 Å². The summed E-state index contributed by atoms with van der Waals surface area (Å²) in [5.41, 5.74) is 3.39. The van der Waals surface area contributed by atoms with Gasteiger partial charge in [-0.05, 0) is 52.9 Å². The molecule has 4 heterocycles. The van der Waals surface area contributed by atoms with Gasteiger partial charge in [0.25, 0.3) is 0 Å². The Kier molecular flexibility index (Phi) is 8.21. The topological polar surface area (TPSA) is 81.0 Å². The van der Waals surface area contributed by atoms with E-state index in [-0.39, 0.29) is 28.2 Å². The summed E-state index contributed by atoms with van der Waals surface area (Å²) < 4.78 is 38.3. The molecule has 0 fully saturated rings. The third kappa shape index (κ3) is 6.09. The number of nitrogens with zero attached hydrogens (tertiary/aromatic N) is 6. The first-order valence-electron chi connectivity index (χ1n) is 14.6. The van der Waals surface area contributed by atoms with Crippen molar-refractivity contribution in [3.63, 3.8) is 0 Å². The number of nitrogens with one attached hydrogen (secondary N) is 1. The van der Waals surface area contributed by atoms with E-state index >= 15 is 4.39 Å². The molecule has 0 radical (unpaired) electrons. The minimum Gasteiger partial charge on any atom is -0.564 e. The lowest BCUT2D eigenvalue weighted by atomic mass is 10.1. The summed E-state index contributed by atoms with van der Waals surface area (Å²) in [5, 5.41) is 3.31. The summed E-state index contributed by atoms with van der Waals surface area (Å²) in [7, 11) is -1.76. The lowest BCUT2D eigenvalue weighted by Gasteiger charge is -2.48. The Balaban J connectivity index is 1.30. The van der Waals surface area contributed by atoms with Crippen LogP contribution in [-0.2, 0) is 17.4 Å². The lowest BCUT2D eigenvalue weighted by Crippen LogP contribution is -2.43. The number of aromatic nitrogens is 5. The summed E-state index contributed by atoms with van der Waals surface area (Å²) >= 11 is 0. The number of aryl methyl sites for hydroxylation is 1. The van der Waals surface area contributed by atoms with E-state index in [9.17, 15) is 4.39 Å². The summed E-state index contributed by atoms with van der Waals surface area (Å²) in [5.74, 6) is 0.309. The van der Waals surface area contributed by atoms with Crippen LogP contribution in [0.4, 0.5) is 20.5 Å². The van der Waals surface area contributed by atoms with Gasteiger partial charge in [-0.25, -0.2) is 28.7 Å². The Labute approximate surface area is 247 Å². The van der Waals surface area contributed by atoms with E-state index in [1.54, 1.807) is 6.07 Å². The molecule has 5 rings (SSSR count). The van der Waals surface area contributed by atoms with Crippen molar-refractivity contribution in [3.05, 3.63) is 59.2 Å². The van der Waals surface area contributed by atoms with Crippen LogP contribution < -0.4 is 5.32 Å². The standard InChI is InChI=1S/C31H41F2N7OSi/c1-19(2)40-20(3)35-29-23(32)15-22(16-26(29)40)28-24(33)17-34-30(38-28)37-27-10-9-21-18-39(12-11-25(21)36-27)13-14-41-42(7,8)31(4,5)6/h9-10,15-17,19H,11-14,18H2,1-8H3,(H,34,36,37,38)/q-1. The van der Waals surface area contributed by atoms with Gasteiger partial charge in [0.15, 0.2) is 11.6 Å². The number of halogens is 2. The molecule has 225 valence electrons. The van der Waals surface area contributed by atoms with E-state index in [4.69, 9.17) is 9.41 Å². The molecule has 0 aliphatic carbocycles. The number of hydrogen-bond donors (Lipinski definition) is 1. The van der Waals surface area contributed by atoms with Crippen LogP contribution in [0.1, 0.15) is 57.7 Å². The van der Waals surface area contributed by atoms with Gasteiger partial charge in [0.05, 0.1) is 11.7 Å². The fourth-order valence-electron chi connectivity index (χ4n) is 5.18. The average molecular weight is 594 g/mol. The zero-order valence-electron chi connectivity index (χ0n) is 25.8. The highest BCUT2D eigenvalue weighted by Gasteiger charge is 2.25. The van der Waals surface area contributed by atoms with Gasteiger partial charge < -0.3 is 14.3 Å². The van der Waals surface area contributed by atoms with Crippen LogP contribution in [0, 0.1) is 18.6 Å².